The Balaban J connectivity index is 1.33. The van der Waals surface area contributed by atoms with Crippen molar-refractivity contribution in [3.8, 4) is 5.75 Å². The molecule has 5 heteroatoms. The van der Waals surface area contributed by atoms with Gasteiger partial charge < -0.3 is 14.5 Å². The molecule has 1 N–H and O–H groups in total. The summed E-state index contributed by atoms with van der Waals surface area (Å²) in [5, 5.41) is 3.18. The van der Waals surface area contributed by atoms with Gasteiger partial charge in [-0.3, -0.25) is 4.79 Å². The van der Waals surface area contributed by atoms with Gasteiger partial charge in [-0.15, -0.1) is 0 Å². The van der Waals surface area contributed by atoms with Crippen LogP contribution in [-0.4, -0.2) is 21.3 Å². The minimum Gasteiger partial charge on any atom is -0.487 e. The van der Waals surface area contributed by atoms with Crippen LogP contribution in [-0.2, 0) is 6.61 Å². The molecule has 1 aromatic carbocycles. The Morgan fingerprint density at radius 2 is 1.82 bits per heavy atom. The number of aromatic nitrogens is 2. The molecule has 0 unspecified atom stereocenters. The normalized spacial score (nSPS) is 15.3. The fraction of sp³-hybridized carbons (Fsp3) is 0.391. The van der Waals surface area contributed by atoms with E-state index in [4.69, 9.17) is 4.74 Å². The number of rotatable bonds is 5. The molecule has 0 atom stereocenters. The standard InChI is InChI=1S/C23H27N3O2/c1-17-8-13-22-24-20(15-26(22)14-17)16-28-21-11-9-18(10-12-21)23(27)25-19-6-4-2-3-5-7-19/h8-15,19H,2-7,16H2,1H3,(H,25,27). The highest BCUT2D eigenvalue weighted by Gasteiger charge is 2.15. The van der Waals surface area contributed by atoms with Crippen LogP contribution in [0, 0.1) is 6.92 Å². The van der Waals surface area contributed by atoms with Crippen LogP contribution >= 0.6 is 0 Å². The molecule has 2 aromatic heterocycles. The van der Waals surface area contributed by atoms with E-state index in [0.29, 0.717) is 18.2 Å². The molecule has 0 saturated heterocycles. The van der Waals surface area contributed by atoms with E-state index in [0.717, 1.165) is 29.9 Å². The first kappa shape index (κ1) is 18.5. The van der Waals surface area contributed by atoms with E-state index < -0.39 is 0 Å². The minimum atomic E-state index is 0.00849. The second-order valence-corrected chi connectivity index (χ2v) is 7.68. The smallest absolute Gasteiger partial charge is 0.251 e. The van der Waals surface area contributed by atoms with Crippen molar-refractivity contribution >= 4 is 11.6 Å². The average molecular weight is 377 g/mol. The average Bonchev–Trinajstić information content (AvgIpc) is 2.92. The predicted octanol–water partition coefficient (Wildman–Crippen LogP) is 4.67. The Morgan fingerprint density at radius 1 is 1.07 bits per heavy atom. The highest BCUT2D eigenvalue weighted by Crippen LogP contribution is 2.19. The summed E-state index contributed by atoms with van der Waals surface area (Å²) in [6, 6.07) is 11.7. The van der Waals surface area contributed by atoms with E-state index in [9.17, 15) is 4.79 Å². The number of imidazole rings is 1. The number of aryl methyl sites for hydroxylation is 1. The number of ether oxygens (including phenoxy) is 1. The fourth-order valence-electron chi connectivity index (χ4n) is 3.78. The highest BCUT2D eigenvalue weighted by molar-refractivity contribution is 5.94. The number of carbonyl (C=O) groups is 1. The van der Waals surface area contributed by atoms with Crippen molar-refractivity contribution in [3.05, 3.63) is 65.6 Å². The zero-order valence-corrected chi connectivity index (χ0v) is 16.4. The van der Waals surface area contributed by atoms with Gasteiger partial charge in [0.05, 0.1) is 5.69 Å². The van der Waals surface area contributed by atoms with Crippen molar-refractivity contribution in [2.75, 3.05) is 0 Å². The number of nitrogens with zero attached hydrogens (tertiary/aromatic N) is 2. The maximum absolute atomic E-state index is 12.5. The lowest BCUT2D eigenvalue weighted by atomic mass is 10.1. The molecule has 146 valence electrons. The zero-order valence-electron chi connectivity index (χ0n) is 16.4. The predicted molar refractivity (Wildman–Crippen MR) is 110 cm³/mol. The monoisotopic (exact) mass is 377 g/mol. The molecule has 0 bridgehead atoms. The second kappa shape index (κ2) is 8.46. The number of hydrogen-bond donors (Lipinski definition) is 1. The molecule has 3 aromatic rings. The number of carbonyl (C=O) groups excluding carboxylic acids is 1. The van der Waals surface area contributed by atoms with Crippen molar-refractivity contribution in [2.45, 2.75) is 58.1 Å². The lowest BCUT2D eigenvalue weighted by molar-refractivity contribution is 0.0933. The van der Waals surface area contributed by atoms with Gasteiger partial charge >= 0.3 is 0 Å². The summed E-state index contributed by atoms with van der Waals surface area (Å²) in [4.78, 5) is 17.0. The molecule has 1 amide bonds. The lowest BCUT2D eigenvalue weighted by Crippen LogP contribution is -2.34. The second-order valence-electron chi connectivity index (χ2n) is 7.68. The molecule has 0 spiro atoms. The first-order valence-corrected chi connectivity index (χ1v) is 10.2. The van der Waals surface area contributed by atoms with E-state index in [1.807, 2.05) is 53.2 Å². The maximum Gasteiger partial charge on any atom is 0.251 e. The van der Waals surface area contributed by atoms with Gasteiger partial charge in [-0.05, 0) is 55.7 Å². The Hall–Kier alpha value is -2.82. The first-order chi connectivity index (χ1) is 13.7. The Labute approximate surface area is 165 Å². The van der Waals surface area contributed by atoms with E-state index in [1.54, 1.807) is 0 Å². The van der Waals surface area contributed by atoms with Crippen molar-refractivity contribution in [1.82, 2.24) is 14.7 Å². The van der Waals surface area contributed by atoms with Crippen LogP contribution in [0.5, 0.6) is 5.75 Å². The van der Waals surface area contributed by atoms with E-state index in [2.05, 4.69) is 17.2 Å². The van der Waals surface area contributed by atoms with Gasteiger partial charge in [0.25, 0.3) is 5.91 Å². The topological polar surface area (TPSA) is 55.6 Å². The van der Waals surface area contributed by atoms with Gasteiger partial charge in [-0.1, -0.05) is 31.7 Å². The summed E-state index contributed by atoms with van der Waals surface area (Å²) >= 11 is 0. The number of benzene rings is 1. The molecule has 4 rings (SSSR count). The molecule has 1 fully saturated rings. The summed E-state index contributed by atoms with van der Waals surface area (Å²) < 4.78 is 7.85. The molecule has 1 aliphatic rings. The van der Waals surface area contributed by atoms with Crippen LogP contribution in [0.3, 0.4) is 0 Å². The SMILES string of the molecule is Cc1ccc2nc(COc3ccc(C(=O)NC4CCCCCC4)cc3)cn2c1. The Kier molecular flexibility index (Phi) is 5.60. The van der Waals surface area contributed by atoms with Gasteiger partial charge in [-0.2, -0.15) is 0 Å². The first-order valence-electron chi connectivity index (χ1n) is 10.2. The maximum atomic E-state index is 12.5. The molecule has 0 radical (unpaired) electrons. The highest BCUT2D eigenvalue weighted by atomic mass is 16.5. The summed E-state index contributed by atoms with van der Waals surface area (Å²) in [6.45, 7) is 2.46. The van der Waals surface area contributed by atoms with Crippen molar-refractivity contribution in [3.63, 3.8) is 0 Å². The van der Waals surface area contributed by atoms with Crippen LogP contribution in [0.15, 0.2) is 48.8 Å². The van der Waals surface area contributed by atoms with Crippen LogP contribution < -0.4 is 10.1 Å². The number of fused-ring (bicyclic) bond motifs is 1. The third-order valence-electron chi connectivity index (χ3n) is 5.34. The largest absolute Gasteiger partial charge is 0.487 e. The summed E-state index contributed by atoms with van der Waals surface area (Å²) in [5.74, 6) is 0.744. The number of nitrogens with one attached hydrogen (secondary N) is 1. The number of amides is 1. The number of hydrogen-bond acceptors (Lipinski definition) is 3. The Morgan fingerprint density at radius 3 is 2.57 bits per heavy atom. The van der Waals surface area contributed by atoms with Gasteiger partial charge in [0.1, 0.15) is 18.0 Å². The molecule has 1 saturated carbocycles. The van der Waals surface area contributed by atoms with Crippen molar-refractivity contribution in [1.29, 1.82) is 0 Å². The van der Waals surface area contributed by atoms with Crippen molar-refractivity contribution < 1.29 is 9.53 Å². The van der Waals surface area contributed by atoms with Gasteiger partial charge in [0.2, 0.25) is 0 Å². The van der Waals surface area contributed by atoms with Crippen LogP contribution in [0.25, 0.3) is 5.65 Å². The molecular formula is C23H27N3O2. The molecule has 0 aliphatic heterocycles. The molecule has 28 heavy (non-hydrogen) atoms. The molecule has 1 aliphatic carbocycles. The van der Waals surface area contributed by atoms with Gasteiger partial charge in [0.15, 0.2) is 0 Å². The van der Waals surface area contributed by atoms with Gasteiger partial charge in [-0.25, -0.2) is 4.98 Å². The summed E-state index contributed by atoms with van der Waals surface area (Å²) in [5.41, 5.74) is 3.66. The van der Waals surface area contributed by atoms with Crippen LogP contribution in [0.4, 0.5) is 0 Å². The summed E-state index contributed by atoms with van der Waals surface area (Å²) in [6.07, 6.45) is 11.2. The third-order valence-corrected chi connectivity index (χ3v) is 5.34. The van der Waals surface area contributed by atoms with Crippen LogP contribution in [0.2, 0.25) is 0 Å². The zero-order chi connectivity index (χ0) is 19.3. The fourth-order valence-corrected chi connectivity index (χ4v) is 3.78. The van der Waals surface area contributed by atoms with Gasteiger partial charge in [0, 0.05) is 24.0 Å². The Bertz CT molecular complexity index is 938. The molecule has 5 nitrogen and oxygen atoms in total. The molecule has 2 heterocycles. The molecular weight excluding hydrogens is 350 g/mol. The van der Waals surface area contributed by atoms with E-state index >= 15 is 0 Å². The number of pyridine rings is 1. The quantitative estimate of drug-likeness (QED) is 0.657. The van der Waals surface area contributed by atoms with E-state index in [-0.39, 0.29) is 5.91 Å². The van der Waals surface area contributed by atoms with Crippen LogP contribution in [0.1, 0.15) is 60.1 Å². The van der Waals surface area contributed by atoms with Crippen molar-refractivity contribution in [2.24, 2.45) is 0 Å². The van der Waals surface area contributed by atoms with E-state index in [1.165, 1.54) is 31.2 Å². The third kappa shape index (κ3) is 4.53. The lowest BCUT2D eigenvalue weighted by Gasteiger charge is -2.16. The minimum absolute atomic E-state index is 0.00849. The summed E-state index contributed by atoms with van der Waals surface area (Å²) in [7, 11) is 0.